The zero-order valence-corrected chi connectivity index (χ0v) is 10.3. The Morgan fingerprint density at radius 1 is 1.31 bits per heavy atom. The van der Waals surface area contributed by atoms with Gasteiger partial charge in [-0.05, 0) is 12.1 Å². The molecular formula is C12H12FNS2. The van der Waals surface area contributed by atoms with E-state index in [9.17, 15) is 4.39 Å². The number of rotatable bonds is 5. The maximum atomic E-state index is 12.9. The van der Waals surface area contributed by atoms with Crippen molar-refractivity contribution in [2.75, 3.05) is 6.67 Å². The molecular weight excluding hydrogens is 241 g/mol. The van der Waals surface area contributed by atoms with E-state index in [0.29, 0.717) is 6.42 Å². The molecule has 2 aromatic rings. The lowest BCUT2D eigenvalue weighted by Crippen LogP contribution is -2.08. The highest BCUT2D eigenvalue weighted by Crippen LogP contribution is 2.26. The molecule has 1 aromatic carbocycles. The number of hydrogen-bond donors (Lipinski definition) is 0. The second kappa shape index (κ2) is 6.01. The number of halogens is 1. The summed E-state index contributed by atoms with van der Waals surface area (Å²) in [5.74, 6) is 0. The summed E-state index contributed by atoms with van der Waals surface area (Å²) in [6, 6.07) is 9.93. The zero-order chi connectivity index (χ0) is 11.2. The lowest BCUT2D eigenvalue weighted by Gasteiger charge is -2.10. The third-order valence-electron chi connectivity index (χ3n) is 2.10. The molecule has 16 heavy (non-hydrogen) atoms. The molecule has 0 spiro atoms. The Morgan fingerprint density at radius 2 is 2.12 bits per heavy atom. The third-order valence-corrected chi connectivity index (χ3v) is 4.08. The summed E-state index contributed by atoms with van der Waals surface area (Å²) in [6.45, 7) is -0.320. The Hall–Kier alpha value is -0.870. The minimum Gasteiger partial charge on any atom is -0.250 e. The molecule has 0 saturated heterocycles. The van der Waals surface area contributed by atoms with Gasteiger partial charge in [-0.15, -0.1) is 23.1 Å². The van der Waals surface area contributed by atoms with Gasteiger partial charge >= 0.3 is 0 Å². The molecule has 1 atom stereocenters. The van der Waals surface area contributed by atoms with Gasteiger partial charge in [-0.2, -0.15) is 0 Å². The van der Waals surface area contributed by atoms with Gasteiger partial charge in [-0.25, -0.2) is 9.37 Å². The maximum Gasteiger partial charge on any atom is 0.102 e. The van der Waals surface area contributed by atoms with Crippen molar-refractivity contribution < 1.29 is 4.39 Å². The predicted molar refractivity (Wildman–Crippen MR) is 67.9 cm³/mol. The smallest absolute Gasteiger partial charge is 0.102 e. The van der Waals surface area contributed by atoms with Gasteiger partial charge in [-0.1, -0.05) is 18.2 Å². The molecule has 1 unspecified atom stereocenters. The van der Waals surface area contributed by atoms with Gasteiger partial charge in [0.1, 0.15) is 6.67 Å². The summed E-state index contributed by atoms with van der Waals surface area (Å²) in [4.78, 5) is 5.30. The summed E-state index contributed by atoms with van der Waals surface area (Å²) in [6.07, 6.45) is 2.47. The molecule has 1 nitrogen and oxygen atoms in total. The summed E-state index contributed by atoms with van der Waals surface area (Å²) in [7, 11) is 0. The van der Waals surface area contributed by atoms with E-state index < -0.39 is 0 Å². The first-order valence-electron chi connectivity index (χ1n) is 5.04. The molecule has 1 aromatic heterocycles. The van der Waals surface area contributed by atoms with Gasteiger partial charge < -0.3 is 0 Å². The van der Waals surface area contributed by atoms with Crippen LogP contribution in [0.2, 0.25) is 0 Å². The second-order valence-electron chi connectivity index (χ2n) is 3.34. The molecule has 0 aliphatic rings. The Morgan fingerprint density at radius 3 is 2.75 bits per heavy atom. The number of thiazole rings is 1. The number of hydrogen-bond acceptors (Lipinski definition) is 3. The van der Waals surface area contributed by atoms with Crippen LogP contribution in [-0.4, -0.2) is 16.9 Å². The van der Waals surface area contributed by atoms with Crippen LogP contribution in [0.15, 0.2) is 46.8 Å². The van der Waals surface area contributed by atoms with E-state index >= 15 is 0 Å². The minimum absolute atomic E-state index is 0.0338. The fourth-order valence-electron chi connectivity index (χ4n) is 1.37. The topological polar surface area (TPSA) is 12.9 Å². The molecule has 0 N–H and O–H groups in total. The molecule has 0 saturated carbocycles. The lowest BCUT2D eigenvalue weighted by molar-refractivity contribution is 0.481. The fourth-order valence-corrected chi connectivity index (χ4v) is 3.17. The van der Waals surface area contributed by atoms with Crippen molar-refractivity contribution >= 4 is 23.1 Å². The van der Waals surface area contributed by atoms with E-state index in [1.807, 2.05) is 35.7 Å². The number of thioether (sulfide) groups is 1. The van der Waals surface area contributed by atoms with Crippen molar-refractivity contribution in [2.45, 2.75) is 16.6 Å². The van der Waals surface area contributed by atoms with Gasteiger partial charge in [0.25, 0.3) is 0 Å². The van der Waals surface area contributed by atoms with E-state index in [2.05, 4.69) is 4.98 Å². The number of alkyl halides is 1. The number of nitrogens with zero attached hydrogens (tertiary/aromatic N) is 1. The van der Waals surface area contributed by atoms with Gasteiger partial charge in [0.2, 0.25) is 0 Å². The second-order valence-corrected chi connectivity index (χ2v) is 5.69. The van der Waals surface area contributed by atoms with Crippen LogP contribution in [0.5, 0.6) is 0 Å². The van der Waals surface area contributed by atoms with Crippen molar-refractivity contribution in [2.24, 2.45) is 0 Å². The monoisotopic (exact) mass is 253 g/mol. The largest absolute Gasteiger partial charge is 0.250 e. The van der Waals surface area contributed by atoms with Crippen molar-refractivity contribution in [3.05, 3.63) is 46.9 Å². The summed E-state index contributed by atoms with van der Waals surface area (Å²) in [5.41, 5.74) is 0. The molecule has 1 heterocycles. The quantitative estimate of drug-likeness (QED) is 0.751. The standard InChI is InChI=1S/C12H12FNS2/c13-9-11(8-12-14-6-7-15-12)16-10-4-2-1-3-5-10/h1-7,11H,8-9H2. The minimum atomic E-state index is -0.320. The normalized spacial score (nSPS) is 12.6. The Bertz CT molecular complexity index is 402. The highest BCUT2D eigenvalue weighted by atomic mass is 32.2. The summed E-state index contributed by atoms with van der Waals surface area (Å²) < 4.78 is 12.9. The molecule has 2 rings (SSSR count). The van der Waals surface area contributed by atoms with Crippen LogP contribution in [0.4, 0.5) is 4.39 Å². The Kier molecular flexibility index (Phi) is 4.36. The zero-order valence-electron chi connectivity index (χ0n) is 8.67. The van der Waals surface area contributed by atoms with E-state index in [1.165, 1.54) is 0 Å². The lowest BCUT2D eigenvalue weighted by atomic mass is 10.3. The number of benzene rings is 1. The molecule has 0 bridgehead atoms. The Labute approximate surface area is 103 Å². The van der Waals surface area contributed by atoms with Crippen molar-refractivity contribution in [1.29, 1.82) is 0 Å². The van der Waals surface area contributed by atoms with E-state index in [0.717, 1.165) is 9.90 Å². The fraction of sp³-hybridized carbons (Fsp3) is 0.250. The summed E-state index contributed by atoms with van der Waals surface area (Å²) in [5, 5.41) is 2.90. The van der Waals surface area contributed by atoms with Crippen LogP contribution in [0.3, 0.4) is 0 Å². The molecule has 0 aliphatic carbocycles. The van der Waals surface area contributed by atoms with Crippen molar-refractivity contribution in [1.82, 2.24) is 4.98 Å². The third kappa shape index (κ3) is 3.32. The SMILES string of the molecule is FCC(Cc1nccs1)Sc1ccccc1. The maximum absolute atomic E-state index is 12.9. The van der Waals surface area contributed by atoms with Gasteiger partial charge in [-0.3, -0.25) is 0 Å². The van der Waals surface area contributed by atoms with E-state index in [1.54, 1.807) is 29.3 Å². The molecule has 4 heteroatoms. The van der Waals surface area contributed by atoms with Gasteiger partial charge in [0.05, 0.1) is 5.01 Å². The predicted octanol–water partition coefficient (Wildman–Crippen LogP) is 3.82. The first kappa shape index (κ1) is 11.6. The van der Waals surface area contributed by atoms with Crippen LogP contribution in [-0.2, 0) is 6.42 Å². The average Bonchev–Trinajstić information content (AvgIpc) is 2.82. The van der Waals surface area contributed by atoms with Crippen LogP contribution >= 0.6 is 23.1 Å². The summed E-state index contributed by atoms with van der Waals surface area (Å²) >= 11 is 3.16. The van der Waals surface area contributed by atoms with Gasteiger partial charge in [0.15, 0.2) is 0 Å². The van der Waals surface area contributed by atoms with E-state index in [4.69, 9.17) is 0 Å². The van der Waals surface area contributed by atoms with E-state index in [-0.39, 0.29) is 11.9 Å². The molecule has 84 valence electrons. The van der Waals surface area contributed by atoms with Crippen LogP contribution in [0.1, 0.15) is 5.01 Å². The van der Waals surface area contributed by atoms with Crippen LogP contribution in [0, 0.1) is 0 Å². The number of aromatic nitrogens is 1. The molecule has 0 fully saturated rings. The average molecular weight is 253 g/mol. The van der Waals surface area contributed by atoms with Gasteiger partial charge in [0, 0.05) is 28.1 Å². The van der Waals surface area contributed by atoms with Crippen molar-refractivity contribution in [3.63, 3.8) is 0 Å². The highest BCUT2D eigenvalue weighted by Gasteiger charge is 2.12. The van der Waals surface area contributed by atoms with Crippen molar-refractivity contribution in [3.8, 4) is 0 Å². The van der Waals surface area contributed by atoms with Crippen LogP contribution in [0.25, 0.3) is 0 Å². The highest BCUT2D eigenvalue weighted by molar-refractivity contribution is 8.00. The Balaban J connectivity index is 1.96. The first-order valence-corrected chi connectivity index (χ1v) is 6.80. The molecule has 0 radical (unpaired) electrons. The molecule has 0 aliphatic heterocycles. The van der Waals surface area contributed by atoms with Crippen LogP contribution < -0.4 is 0 Å². The molecule has 0 amide bonds. The first-order chi connectivity index (χ1) is 7.88.